The molecule has 36 heavy (non-hydrogen) atoms. The number of carbonyl (C=O) groups is 2. The number of ketones is 1. The second-order valence-electron chi connectivity index (χ2n) is 13.2. The minimum absolute atomic E-state index is 0.0312. The summed E-state index contributed by atoms with van der Waals surface area (Å²) >= 11 is 0. The standard InChI is InChI=1S/C32H46O4/c1-9-31(7)26-18-29(5,19-27(34)36-10-2)13-14-30(26,6)15-16-32(31,8)24-12-11-22-21(4)28(35)25(33)17-23(22)20(24)3/h11-12,17,20,26,35H,9-10,13-16,18-19H2,1-8H3/t20-,26-,29-,30-,31+,32-/m1/s1. The Morgan fingerprint density at radius 3 is 2.39 bits per heavy atom. The molecule has 0 spiro atoms. The molecule has 4 aliphatic rings. The van der Waals surface area contributed by atoms with Crippen LogP contribution in [0.15, 0.2) is 46.3 Å². The summed E-state index contributed by atoms with van der Waals surface area (Å²) in [5.41, 5.74) is 4.36. The van der Waals surface area contributed by atoms with Crippen molar-refractivity contribution in [1.29, 1.82) is 0 Å². The molecule has 4 rings (SSSR count). The highest BCUT2D eigenvalue weighted by Gasteiger charge is 2.62. The number of fused-ring (bicyclic) bond motifs is 2. The molecule has 6 atom stereocenters. The minimum atomic E-state index is -0.283. The van der Waals surface area contributed by atoms with Crippen molar-refractivity contribution in [3.63, 3.8) is 0 Å². The molecule has 0 radical (unpaired) electrons. The van der Waals surface area contributed by atoms with Crippen LogP contribution in [0, 0.1) is 33.5 Å². The maximum Gasteiger partial charge on any atom is 0.306 e. The number of aliphatic hydroxyl groups is 1. The van der Waals surface area contributed by atoms with Gasteiger partial charge in [0, 0.05) is 11.5 Å². The van der Waals surface area contributed by atoms with Crippen molar-refractivity contribution in [3.05, 3.63) is 46.3 Å². The number of ether oxygens (including phenoxy) is 1. The van der Waals surface area contributed by atoms with Gasteiger partial charge in [0.2, 0.25) is 5.78 Å². The van der Waals surface area contributed by atoms with Crippen molar-refractivity contribution in [2.45, 2.75) is 100 Å². The van der Waals surface area contributed by atoms with Gasteiger partial charge in [0.25, 0.3) is 0 Å². The van der Waals surface area contributed by atoms with Gasteiger partial charge in [-0.2, -0.15) is 0 Å². The van der Waals surface area contributed by atoms with Gasteiger partial charge in [-0.05, 0) is 97.2 Å². The van der Waals surface area contributed by atoms with Crippen LogP contribution < -0.4 is 0 Å². The molecule has 0 saturated heterocycles. The fourth-order valence-electron chi connectivity index (χ4n) is 8.48. The van der Waals surface area contributed by atoms with Crippen molar-refractivity contribution in [1.82, 2.24) is 0 Å². The molecule has 0 unspecified atom stereocenters. The molecule has 0 aliphatic heterocycles. The van der Waals surface area contributed by atoms with Crippen LogP contribution in [0.3, 0.4) is 0 Å². The molecule has 4 heteroatoms. The highest BCUT2D eigenvalue weighted by Crippen LogP contribution is 2.71. The first-order chi connectivity index (χ1) is 16.7. The van der Waals surface area contributed by atoms with Gasteiger partial charge in [-0.1, -0.05) is 59.3 Å². The normalized spacial score (nSPS) is 40.6. The summed E-state index contributed by atoms with van der Waals surface area (Å²) in [5, 5.41) is 10.3. The largest absolute Gasteiger partial charge is 0.504 e. The summed E-state index contributed by atoms with van der Waals surface area (Å²) in [6.45, 7) is 18.5. The zero-order valence-electron chi connectivity index (χ0n) is 23.7. The summed E-state index contributed by atoms with van der Waals surface area (Å²) in [5.74, 6) is 0.131. The molecule has 198 valence electrons. The van der Waals surface area contributed by atoms with Crippen LogP contribution in [-0.2, 0) is 14.3 Å². The van der Waals surface area contributed by atoms with E-state index in [0.717, 1.165) is 43.3 Å². The smallest absolute Gasteiger partial charge is 0.306 e. The zero-order valence-corrected chi connectivity index (χ0v) is 23.7. The fourth-order valence-corrected chi connectivity index (χ4v) is 8.48. The van der Waals surface area contributed by atoms with Crippen molar-refractivity contribution in [2.75, 3.05) is 6.61 Å². The van der Waals surface area contributed by atoms with E-state index in [-0.39, 0.29) is 45.1 Å². The highest BCUT2D eigenvalue weighted by molar-refractivity contribution is 6.06. The minimum Gasteiger partial charge on any atom is -0.504 e. The maximum absolute atomic E-state index is 12.5. The fraction of sp³-hybridized carbons (Fsp3) is 0.688. The monoisotopic (exact) mass is 494 g/mol. The molecule has 0 aromatic carbocycles. The average molecular weight is 495 g/mol. The van der Waals surface area contributed by atoms with Crippen molar-refractivity contribution >= 4 is 11.8 Å². The molecule has 0 aromatic rings. The summed E-state index contributed by atoms with van der Waals surface area (Å²) in [4.78, 5) is 25.0. The van der Waals surface area contributed by atoms with E-state index in [2.05, 4.69) is 53.7 Å². The van der Waals surface area contributed by atoms with Gasteiger partial charge in [0.05, 0.1) is 13.0 Å². The van der Waals surface area contributed by atoms with E-state index in [0.29, 0.717) is 24.5 Å². The first kappa shape index (κ1) is 26.9. The van der Waals surface area contributed by atoms with Crippen LogP contribution in [0.25, 0.3) is 0 Å². The van der Waals surface area contributed by atoms with Gasteiger partial charge in [0.15, 0.2) is 5.76 Å². The molecular weight excluding hydrogens is 448 g/mol. The molecule has 0 bridgehead atoms. The van der Waals surface area contributed by atoms with E-state index in [1.165, 1.54) is 12.0 Å². The Kier molecular flexibility index (Phi) is 6.76. The third kappa shape index (κ3) is 3.94. The van der Waals surface area contributed by atoms with Gasteiger partial charge >= 0.3 is 5.97 Å². The highest BCUT2D eigenvalue weighted by atomic mass is 16.5. The number of aliphatic hydroxyl groups excluding tert-OH is 1. The van der Waals surface area contributed by atoms with Gasteiger partial charge in [-0.15, -0.1) is 0 Å². The number of esters is 1. The van der Waals surface area contributed by atoms with Gasteiger partial charge in [-0.25, -0.2) is 0 Å². The Labute approximate surface area is 218 Å². The zero-order chi connectivity index (χ0) is 26.7. The third-order valence-electron chi connectivity index (χ3n) is 11.3. The molecule has 2 fully saturated rings. The number of hydrogen-bond donors (Lipinski definition) is 1. The predicted molar refractivity (Wildman–Crippen MR) is 144 cm³/mol. The van der Waals surface area contributed by atoms with Crippen LogP contribution in [0.4, 0.5) is 0 Å². The predicted octanol–water partition coefficient (Wildman–Crippen LogP) is 7.81. The number of allylic oxidation sites excluding steroid dienone is 7. The quantitative estimate of drug-likeness (QED) is 0.396. The van der Waals surface area contributed by atoms with Crippen molar-refractivity contribution < 1.29 is 19.4 Å². The Bertz CT molecular complexity index is 1090. The van der Waals surface area contributed by atoms with E-state index < -0.39 is 0 Å². The number of hydrogen-bond acceptors (Lipinski definition) is 4. The first-order valence-corrected chi connectivity index (χ1v) is 14.0. The summed E-state index contributed by atoms with van der Waals surface area (Å²) < 4.78 is 5.36. The topological polar surface area (TPSA) is 63.6 Å². The number of rotatable bonds is 5. The molecule has 0 heterocycles. The Balaban J connectivity index is 1.75. The van der Waals surface area contributed by atoms with E-state index >= 15 is 0 Å². The molecular formula is C32H46O4. The van der Waals surface area contributed by atoms with Gasteiger partial charge < -0.3 is 9.84 Å². The van der Waals surface area contributed by atoms with Crippen LogP contribution in [0.5, 0.6) is 0 Å². The maximum atomic E-state index is 12.5. The van der Waals surface area contributed by atoms with Gasteiger partial charge in [-0.3, -0.25) is 9.59 Å². The molecule has 1 N–H and O–H groups in total. The van der Waals surface area contributed by atoms with E-state index in [1.54, 1.807) is 6.08 Å². The van der Waals surface area contributed by atoms with Crippen LogP contribution in [0.2, 0.25) is 0 Å². The number of carbonyl (C=O) groups excluding carboxylic acids is 2. The molecule has 4 nitrogen and oxygen atoms in total. The second kappa shape index (κ2) is 9.03. The molecule has 4 aliphatic carbocycles. The van der Waals surface area contributed by atoms with E-state index in [9.17, 15) is 14.7 Å². The lowest BCUT2D eigenvalue weighted by molar-refractivity contribution is -0.159. The van der Waals surface area contributed by atoms with Crippen molar-refractivity contribution in [2.24, 2.45) is 33.5 Å². The lowest BCUT2D eigenvalue weighted by Gasteiger charge is -2.66. The summed E-state index contributed by atoms with van der Waals surface area (Å²) in [6.07, 6.45) is 13.2. The Morgan fingerprint density at radius 1 is 1.08 bits per heavy atom. The van der Waals surface area contributed by atoms with Crippen molar-refractivity contribution in [3.8, 4) is 0 Å². The molecule has 0 aromatic heterocycles. The van der Waals surface area contributed by atoms with E-state index in [4.69, 9.17) is 4.74 Å². The third-order valence-corrected chi connectivity index (χ3v) is 11.3. The molecule has 2 saturated carbocycles. The Hall–Kier alpha value is -2.10. The Morgan fingerprint density at radius 2 is 1.75 bits per heavy atom. The summed E-state index contributed by atoms with van der Waals surface area (Å²) in [6, 6.07) is 0. The lowest BCUT2D eigenvalue weighted by atomic mass is 9.38. The first-order valence-electron chi connectivity index (χ1n) is 14.0. The second-order valence-corrected chi connectivity index (χ2v) is 13.2. The molecule has 0 amide bonds. The summed E-state index contributed by atoms with van der Waals surface area (Å²) in [7, 11) is 0. The van der Waals surface area contributed by atoms with Gasteiger partial charge in [0.1, 0.15) is 0 Å². The van der Waals surface area contributed by atoms with Crippen LogP contribution >= 0.6 is 0 Å². The lowest BCUT2D eigenvalue weighted by Crippen LogP contribution is -2.58. The SMILES string of the molecule is CCOC(=O)C[C@]1(C)CC[C@]2(C)CC[C@](C)(C3=CC=C4C(=CC(=O)C(O)=C4C)[C@H]3C)[C@@](C)(CC)[C@@H]2C1. The van der Waals surface area contributed by atoms with Crippen LogP contribution in [-0.4, -0.2) is 23.5 Å². The van der Waals surface area contributed by atoms with E-state index in [1.807, 2.05) is 13.8 Å². The van der Waals surface area contributed by atoms with Crippen LogP contribution in [0.1, 0.15) is 100 Å². The average Bonchev–Trinajstić information content (AvgIpc) is 2.82.